The van der Waals surface area contributed by atoms with Crippen LogP contribution in [0.25, 0.3) is 0 Å². The Balaban J connectivity index is 2.08. The van der Waals surface area contributed by atoms with Gasteiger partial charge >= 0.3 is 6.18 Å². The van der Waals surface area contributed by atoms with Crippen LogP contribution in [0, 0.1) is 0 Å². The van der Waals surface area contributed by atoms with Gasteiger partial charge in [-0.2, -0.15) is 13.2 Å². The van der Waals surface area contributed by atoms with E-state index >= 15 is 0 Å². The third kappa shape index (κ3) is 5.09. The monoisotopic (exact) mass is 358 g/mol. The van der Waals surface area contributed by atoms with Crippen LogP contribution in [0.2, 0.25) is 0 Å². The first-order valence-corrected chi connectivity index (χ1v) is 7.77. The molecule has 25 heavy (non-hydrogen) atoms. The molecule has 1 aliphatic heterocycles. The van der Waals surface area contributed by atoms with Crippen molar-refractivity contribution in [3.05, 3.63) is 29.3 Å². The van der Waals surface area contributed by atoms with Crippen molar-refractivity contribution in [1.82, 2.24) is 14.7 Å². The molecule has 6 nitrogen and oxygen atoms in total. The van der Waals surface area contributed by atoms with Crippen LogP contribution in [0.4, 0.5) is 18.9 Å². The minimum Gasteiger partial charge on any atom is -0.399 e. The minimum absolute atomic E-state index is 0.150. The van der Waals surface area contributed by atoms with Crippen LogP contribution in [-0.4, -0.2) is 79.5 Å². The maximum atomic E-state index is 12.6. The number of alkyl halides is 3. The van der Waals surface area contributed by atoms with Gasteiger partial charge in [-0.1, -0.05) is 0 Å². The number of nitrogen functional groups attached to an aromatic ring is 1. The molecule has 1 saturated heterocycles. The molecule has 1 fully saturated rings. The zero-order valence-corrected chi connectivity index (χ0v) is 14.1. The third-order valence-corrected chi connectivity index (χ3v) is 3.92. The molecule has 2 N–H and O–H groups in total. The normalized spacial score (nSPS) is 16.0. The van der Waals surface area contributed by atoms with Gasteiger partial charge in [0.25, 0.3) is 11.8 Å². The van der Waals surface area contributed by atoms with E-state index in [1.807, 2.05) is 0 Å². The van der Waals surface area contributed by atoms with Gasteiger partial charge in [-0.3, -0.25) is 14.5 Å². The highest BCUT2D eigenvalue weighted by Crippen LogP contribution is 2.19. The average Bonchev–Trinajstić information content (AvgIpc) is 2.52. The molecule has 0 saturated carbocycles. The van der Waals surface area contributed by atoms with Gasteiger partial charge in [0, 0.05) is 57.1 Å². The Morgan fingerprint density at radius 1 is 1.08 bits per heavy atom. The average molecular weight is 358 g/mol. The summed E-state index contributed by atoms with van der Waals surface area (Å²) in [6.07, 6.45) is -4.25. The van der Waals surface area contributed by atoms with Crippen LogP contribution in [0.3, 0.4) is 0 Å². The van der Waals surface area contributed by atoms with Gasteiger partial charge in [0.05, 0.1) is 6.54 Å². The van der Waals surface area contributed by atoms with Crippen LogP contribution < -0.4 is 5.73 Å². The van der Waals surface area contributed by atoms with E-state index in [1.54, 1.807) is 14.1 Å². The largest absolute Gasteiger partial charge is 0.401 e. The van der Waals surface area contributed by atoms with Gasteiger partial charge in [-0.25, -0.2) is 0 Å². The predicted octanol–water partition coefficient (Wildman–Crippen LogP) is 1.29. The van der Waals surface area contributed by atoms with E-state index in [9.17, 15) is 22.8 Å². The molecule has 0 unspecified atom stereocenters. The number of hydrogen-bond donors (Lipinski definition) is 1. The third-order valence-electron chi connectivity index (χ3n) is 3.92. The lowest BCUT2D eigenvalue weighted by Gasteiger charge is -2.35. The number of halogens is 3. The predicted molar refractivity (Wildman–Crippen MR) is 87.3 cm³/mol. The maximum absolute atomic E-state index is 12.6. The highest BCUT2D eigenvalue weighted by Gasteiger charge is 2.33. The zero-order chi connectivity index (χ0) is 18.8. The molecule has 0 radical (unpaired) electrons. The van der Waals surface area contributed by atoms with Crippen molar-refractivity contribution in [1.29, 1.82) is 0 Å². The first-order chi connectivity index (χ1) is 11.6. The van der Waals surface area contributed by atoms with Gasteiger partial charge in [0.15, 0.2) is 0 Å². The maximum Gasteiger partial charge on any atom is 0.401 e. The smallest absolute Gasteiger partial charge is 0.399 e. The number of nitrogens with zero attached hydrogens (tertiary/aromatic N) is 3. The van der Waals surface area contributed by atoms with E-state index in [1.165, 1.54) is 32.9 Å². The van der Waals surface area contributed by atoms with E-state index in [0.717, 1.165) is 0 Å². The fourth-order valence-corrected chi connectivity index (χ4v) is 2.70. The van der Waals surface area contributed by atoms with Gasteiger partial charge < -0.3 is 15.5 Å². The van der Waals surface area contributed by atoms with Crippen molar-refractivity contribution in [3.8, 4) is 0 Å². The molecule has 0 bridgehead atoms. The second-order valence-corrected chi connectivity index (χ2v) is 6.23. The molecule has 1 aliphatic rings. The van der Waals surface area contributed by atoms with Crippen LogP contribution >= 0.6 is 0 Å². The summed E-state index contributed by atoms with van der Waals surface area (Å²) in [5, 5.41) is 0. The molecular weight excluding hydrogens is 337 g/mol. The molecule has 0 aliphatic carbocycles. The SMILES string of the molecule is CN(C)C(=O)c1cc(N)cc(C(=O)N2CCN(CC(F)(F)F)CC2)c1. The Morgan fingerprint density at radius 3 is 2.16 bits per heavy atom. The zero-order valence-electron chi connectivity index (χ0n) is 14.1. The summed E-state index contributed by atoms with van der Waals surface area (Å²) in [7, 11) is 3.18. The molecule has 0 spiro atoms. The number of benzene rings is 1. The molecule has 1 aromatic carbocycles. The lowest BCUT2D eigenvalue weighted by atomic mass is 10.1. The summed E-state index contributed by atoms with van der Waals surface area (Å²) in [5.41, 5.74) is 6.62. The van der Waals surface area contributed by atoms with Crippen molar-refractivity contribution >= 4 is 17.5 Å². The highest BCUT2D eigenvalue weighted by molar-refractivity contribution is 6.00. The summed E-state index contributed by atoms with van der Waals surface area (Å²) in [5.74, 6) is -0.622. The van der Waals surface area contributed by atoms with Crippen molar-refractivity contribution in [2.75, 3.05) is 52.6 Å². The van der Waals surface area contributed by atoms with Gasteiger partial charge in [0.2, 0.25) is 0 Å². The summed E-state index contributed by atoms with van der Waals surface area (Å²) in [6.45, 7) is -0.287. The topological polar surface area (TPSA) is 69.9 Å². The van der Waals surface area contributed by atoms with E-state index in [-0.39, 0.29) is 49.2 Å². The van der Waals surface area contributed by atoms with E-state index < -0.39 is 12.7 Å². The van der Waals surface area contributed by atoms with E-state index in [4.69, 9.17) is 5.73 Å². The fraction of sp³-hybridized carbons (Fsp3) is 0.500. The lowest BCUT2D eigenvalue weighted by molar-refractivity contribution is -0.148. The molecule has 1 heterocycles. The Bertz CT molecular complexity index is 653. The van der Waals surface area contributed by atoms with E-state index in [0.29, 0.717) is 5.56 Å². The number of piperazine rings is 1. The number of hydrogen-bond acceptors (Lipinski definition) is 4. The molecule has 2 rings (SSSR count). The van der Waals surface area contributed by atoms with Crippen LogP contribution in [0.5, 0.6) is 0 Å². The van der Waals surface area contributed by atoms with Crippen LogP contribution in [0.15, 0.2) is 18.2 Å². The molecule has 0 aromatic heterocycles. The van der Waals surface area contributed by atoms with Gasteiger partial charge in [-0.05, 0) is 18.2 Å². The fourth-order valence-electron chi connectivity index (χ4n) is 2.70. The lowest BCUT2D eigenvalue weighted by Crippen LogP contribution is -2.50. The van der Waals surface area contributed by atoms with E-state index in [2.05, 4.69) is 0 Å². The van der Waals surface area contributed by atoms with Gasteiger partial charge in [0.1, 0.15) is 0 Å². The molecule has 1 aromatic rings. The second-order valence-electron chi connectivity index (χ2n) is 6.23. The Labute approximate surface area is 144 Å². The molecule has 9 heteroatoms. The number of carbonyl (C=O) groups is 2. The minimum atomic E-state index is -4.25. The molecule has 138 valence electrons. The first kappa shape index (κ1) is 19.0. The molecule has 0 atom stereocenters. The first-order valence-electron chi connectivity index (χ1n) is 7.77. The number of anilines is 1. The van der Waals surface area contributed by atoms with Crippen molar-refractivity contribution < 1.29 is 22.8 Å². The standard InChI is InChI=1S/C16H21F3N4O2/c1-21(2)14(24)11-7-12(9-13(20)8-11)15(25)23-5-3-22(4-6-23)10-16(17,18)19/h7-9H,3-6,10,20H2,1-2H3. The second kappa shape index (κ2) is 7.30. The Hall–Kier alpha value is -2.29. The van der Waals surface area contributed by atoms with Crippen molar-refractivity contribution in [2.24, 2.45) is 0 Å². The summed E-state index contributed by atoms with van der Waals surface area (Å²) < 4.78 is 37.3. The van der Waals surface area contributed by atoms with Gasteiger partial charge in [-0.15, -0.1) is 0 Å². The van der Waals surface area contributed by atoms with Crippen LogP contribution in [0.1, 0.15) is 20.7 Å². The van der Waals surface area contributed by atoms with Crippen molar-refractivity contribution in [2.45, 2.75) is 6.18 Å². The Morgan fingerprint density at radius 2 is 1.64 bits per heavy atom. The number of rotatable bonds is 3. The Kier molecular flexibility index (Phi) is 5.56. The summed E-state index contributed by atoms with van der Waals surface area (Å²) >= 11 is 0. The number of nitrogens with two attached hydrogens (primary N) is 1. The summed E-state index contributed by atoms with van der Waals surface area (Å²) in [4.78, 5) is 28.8. The van der Waals surface area contributed by atoms with Crippen molar-refractivity contribution in [3.63, 3.8) is 0 Å². The molecular formula is C16H21F3N4O2. The quantitative estimate of drug-likeness (QED) is 0.827. The number of amides is 2. The highest BCUT2D eigenvalue weighted by atomic mass is 19.4. The molecule has 2 amide bonds. The summed E-state index contributed by atoms with van der Waals surface area (Å²) in [6, 6.07) is 4.42. The van der Waals surface area contributed by atoms with Crippen LogP contribution in [-0.2, 0) is 0 Å². The number of carbonyl (C=O) groups excluding carboxylic acids is 2.